The van der Waals surface area contributed by atoms with Gasteiger partial charge in [-0.3, -0.25) is 0 Å². The minimum Gasteiger partial charge on any atom is -0.357 e. The molecule has 5 heterocycles. The standard InChI is InChI=1S/C60H64N8.Cu/c1-33-25-17-21-29-37(33)41-45(57(5,6)7)53-61-49(41)65-54-46(58(8,9)10)42(38-30-22-18-26-34(38)2)51(62-54)67-56-48(60(14,15)16)44(40-32-24-20-28-36(40)4)52(64-56)68-55-47(59(11,12)13)43(50(63-55)66-53)39-31-23-19-27-35(39)3;/h17-32H,1-16H3;/q-2;+2. The molecule has 9 heteroatoms. The van der Waals surface area contributed by atoms with Crippen molar-refractivity contribution in [2.75, 3.05) is 0 Å². The molecule has 0 atom stereocenters. The number of hydrogen-bond donors (Lipinski definition) is 0. The molecule has 0 fully saturated rings. The van der Waals surface area contributed by atoms with Gasteiger partial charge in [-0.25, -0.2) is 9.97 Å². The third-order valence-electron chi connectivity index (χ3n) is 13.1. The van der Waals surface area contributed by atoms with Crippen molar-refractivity contribution < 1.29 is 17.1 Å². The van der Waals surface area contributed by atoms with Crippen molar-refractivity contribution in [1.29, 1.82) is 0 Å². The van der Waals surface area contributed by atoms with Gasteiger partial charge in [0.25, 0.3) is 0 Å². The van der Waals surface area contributed by atoms with Crippen LogP contribution >= 0.6 is 0 Å². The zero-order valence-electron chi connectivity index (χ0n) is 43.1. The maximum Gasteiger partial charge on any atom is 2.00 e. The maximum absolute atomic E-state index is 5.64. The summed E-state index contributed by atoms with van der Waals surface area (Å²) in [4.78, 5) is 44.6. The van der Waals surface area contributed by atoms with Crippen molar-refractivity contribution in [2.45, 2.75) is 122 Å². The number of aromatic nitrogens is 8. The molecule has 0 aliphatic carbocycles. The summed E-state index contributed by atoms with van der Waals surface area (Å²) in [5.41, 5.74) is 16.8. The first kappa shape index (κ1) is 49.2. The molecule has 9 rings (SSSR count). The van der Waals surface area contributed by atoms with Gasteiger partial charge >= 0.3 is 17.1 Å². The van der Waals surface area contributed by atoms with Crippen LogP contribution in [0.1, 0.15) is 151 Å². The first-order valence-electron chi connectivity index (χ1n) is 23.9. The van der Waals surface area contributed by atoms with Crippen molar-refractivity contribution in [1.82, 2.24) is 39.9 Å². The third-order valence-corrected chi connectivity index (χ3v) is 13.1. The summed E-state index contributed by atoms with van der Waals surface area (Å²) in [5, 5.41) is 0. The first-order chi connectivity index (χ1) is 31.9. The van der Waals surface area contributed by atoms with Gasteiger partial charge in [0.2, 0.25) is 0 Å². The fourth-order valence-electron chi connectivity index (χ4n) is 10.1. The molecule has 0 saturated carbocycles. The summed E-state index contributed by atoms with van der Waals surface area (Å²) in [6, 6.07) is 33.9. The van der Waals surface area contributed by atoms with Crippen LogP contribution in [0.4, 0.5) is 0 Å². The van der Waals surface area contributed by atoms with Crippen LogP contribution in [0.2, 0.25) is 0 Å². The number of benzene rings is 4. The minimum atomic E-state index is -0.421. The summed E-state index contributed by atoms with van der Waals surface area (Å²) in [6.45, 7) is 35.3. The van der Waals surface area contributed by atoms with Gasteiger partial charge in [-0.15, -0.1) is 0 Å². The Kier molecular flexibility index (Phi) is 12.5. The summed E-state index contributed by atoms with van der Waals surface area (Å²) in [5.74, 6) is 2.24. The van der Waals surface area contributed by atoms with Crippen LogP contribution in [-0.2, 0) is 27.9 Å². The molecule has 0 amide bonds. The summed E-state index contributed by atoms with van der Waals surface area (Å²) >= 11 is 0. The molecule has 355 valence electrons. The largest absolute Gasteiger partial charge is 2.00 e. The Morgan fingerprint density at radius 2 is 0.594 bits per heavy atom. The van der Waals surface area contributed by atoms with E-state index in [1.54, 1.807) is 0 Å². The van der Waals surface area contributed by atoms with Gasteiger partial charge in [0.1, 0.15) is 0 Å². The minimum absolute atomic E-state index is 0. The van der Waals surface area contributed by atoms with E-state index in [-0.39, 0.29) is 17.1 Å². The zero-order valence-corrected chi connectivity index (χ0v) is 44.1. The predicted molar refractivity (Wildman–Crippen MR) is 281 cm³/mol. The van der Waals surface area contributed by atoms with Crippen LogP contribution in [0, 0.1) is 38.5 Å². The van der Waals surface area contributed by atoms with E-state index in [0.29, 0.717) is 45.9 Å². The Morgan fingerprint density at radius 3 is 0.870 bits per heavy atom. The second kappa shape index (κ2) is 17.6. The Balaban J connectivity index is 0.00000642. The topological polar surface area (TPSA) is 106 Å². The SMILES string of the molecule is Cc1ccccc1C1=C(C(C)(C)C)c2nc1nc1[n-]c(nc3nc(nc4[n-]c(n2)c(-c2ccccc2C)c4C(C)(C)C)C(c2ccccc2C)=C3C(C)(C)C)c(-c2ccccc2C)c1C(C)(C)C.[Cu+2]. The Labute approximate surface area is 419 Å². The van der Waals surface area contributed by atoms with Gasteiger partial charge in [0.15, 0.2) is 0 Å². The average Bonchev–Trinajstić information content (AvgIpc) is 3.99. The quantitative estimate of drug-likeness (QED) is 0.161. The fourth-order valence-corrected chi connectivity index (χ4v) is 10.1. The van der Waals surface area contributed by atoms with Gasteiger partial charge in [-0.1, -0.05) is 180 Å². The molecule has 0 N–H and O–H groups in total. The second-order valence-corrected chi connectivity index (χ2v) is 22.7. The monoisotopic (exact) mass is 959 g/mol. The molecular formula is C60H64CuN8. The molecule has 3 aromatic heterocycles. The molecule has 69 heavy (non-hydrogen) atoms. The summed E-state index contributed by atoms with van der Waals surface area (Å²) < 4.78 is 0. The van der Waals surface area contributed by atoms with Crippen molar-refractivity contribution in [3.05, 3.63) is 165 Å². The van der Waals surface area contributed by atoms with Gasteiger partial charge in [-0.2, -0.15) is 0 Å². The van der Waals surface area contributed by atoms with E-state index < -0.39 is 21.7 Å². The van der Waals surface area contributed by atoms with Crippen molar-refractivity contribution in [2.24, 2.45) is 10.8 Å². The van der Waals surface area contributed by atoms with Crippen molar-refractivity contribution in [3.8, 4) is 22.3 Å². The second-order valence-electron chi connectivity index (χ2n) is 22.7. The molecule has 8 nitrogen and oxygen atoms in total. The molecule has 0 spiro atoms. The molecule has 4 aromatic carbocycles. The smallest absolute Gasteiger partial charge is 0.357 e. The Hall–Kier alpha value is -6.28. The van der Waals surface area contributed by atoms with Crippen LogP contribution < -0.4 is 9.97 Å². The molecular weight excluding hydrogens is 896 g/mol. The van der Waals surface area contributed by atoms with E-state index in [9.17, 15) is 0 Å². The number of rotatable bonds is 4. The molecule has 2 aliphatic heterocycles. The maximum atomic E-state index is 5.64. The normalized spacial score (nSPS) is 13.6. The van der Waals surface area contributed by atoms with E-state index in [2.05, 4.69) is 208 Å². The number of nitrogens with zero attached hydrogens (tertiary/aromatic N) is 8. The molecule has 8 bridgehead atoms. The van der Waals surface area contributed by atoms with Crippen LogP contribution in [0.3, 0.4) is 0 Å². The van der Waals surface area contributed by atoms with Crippen LogP contribution in [0.5, 0.6) is 0 Å². The first-order valence-corrected chi connectivity index (χ1v) is 23.9. The Morgan fingerprint density at radius 1 is 0.319 bits per heavy atom. The van der Waals surface area contributed by atoms with E-state index >= 15 is 0 Å². The Bertz CT molecular complexity index is 3200. The van der Waals surface area contributed by atoms with Gasteiger partial charge in [-0.05, 0) is 127 Å². The van der Waals surface area contributed by atoms with Crippen LogP contribution in [0.15, 0.2) is 97.1 Å². The van der Waals surface area contributed by atoms with E-state index in [1.807, 2.05) is 0 Å². The van der Waals surface area contributed by atoms with Crippen LogP contribution in [-0.4, -0.2) is 29.9 Å². The molecule has 0 saturated heterocycles. The third kappa shape index (κ3) is 8.85. The number of hydrogen-bond acceptors (Lipinski definition) is 6. The molecule has 0 unspecified atom stereocenters. The van der Waals surface area contributed by atoms with E-state index in [4.69, 9.17) is 39.9 Å². The summed E-state index contributed by atoms with van der Waals surface area (Å²) in [7, 11) is 0. The number of aryl methyl sites for hydroxylation is 4. The number of fused-ring (bicyclic) bond motifs is 8. The molecule has 2 aliphatic rings. The van der Waals surface area contributed by atoms with Gasteiger partial charge in [0, 0.05) is 33.7 Å². The fraction of sp³-hybridized carbons (Fsp3) is 0.333. The molecule has 1 radical (unpaired) electrons. The van der Waals surface area contributed by atoms with Crippen molar-refractivity contribution in [3.63, 3.8) is 0 Å². The van der Waals surface area contributed by atoms with E-state index in [0.717, 1.165) is 89.1 Å². The number of allylic oxidation sites excluding steroid dienone is 2. The van der Waals surface area contributed by atoms with Crippen LogP contribution in [0.25, 0.3) is 67.1 Å². The van der Waals surface area contributed by atoms with E-state index in [1.165, 1.54) is 0 Å². The van der Waals surface area contributed by atoms with Gasteiger partial charge in [0.05, 0.1) is 23.3 Å². The molecule has 7 aromatic rings. The van der Waals surface area contributed by atoms with Gasteiger partial charge < -0.3 is 29.9 Å². The van der Waals surface area contributed by atoms with Crippen molar-refractivity contribution >= 4 is 44.9 Å². The summed E-state index contributed by atoms with van der Waals surface area (Å²) in [6.07, 6.45) is 0. The predicted octanol–water partition coefficient (Wildman–Crippen LogP) is 14.3. The zero-order chi connectivity index (χ0) is 48.8. The average molecular weight is 961 g/mol.